The molecule has 3 aromatic rings. The summed E-state index contributed by atoms with van der Waals surface area (Å²) >= 11 is 5.25. The van der Waals surface area contributed by atoms with Crippen molar-refractivity contribution in [3.05, 3.63) is 38.8 Å². The van der Waals surface area contributed by atoms with Gasteiger partial charge in [-0.1, -0.05) is 20.8 Å². The second kappa shape index (κ2) is 5.96. The Balaban J connectivity index is 1.74. The molecule has 0 saturated heterocycles. The average molecular weight is 380 g/mol. The molecule has 0 unspecified atom stereocenters. The Hall–Kier alpha value is -1.47. The highest BCUT2D eigenvalue weighted by atomic mass is 79.9. The van der Waals surface area contributed by atoms with E-state index < -0.39 is 0 Å². The summed E-state index contributed by atoms with van der Waals surface area (Å²) in [7, 11) is 0. The number of hydrogen-bond acceptors (Lipinski definition) is 5. The van der Waals surface area contributed by atoms with Crippen LogP contribution in [0.2, 0.25) is 0 Å². The van der Waals surface area contributed by atoms with Gasteiger partial charge in [0, 0.05) is 16.8 Å². The molecule has 7 heteroatoms. The molecule has 0 amide bonds. The maximum absolute atomic E-state index is 4.61. The van der Waals surface area contributed by atoms with E-state index in [0.717, 1.165) is 30.3 Å². The van der Waals surface area contributed by atoms with E-state index in [1.54, 1.807) is 11.3 Å². The van der Waals surface area contributed by atoms with Crippen LogP contribution in [0.3, 0.4) is 0 Å². The monoisotopic (exact) mass is 379 g/mol. The molecule has 3 heterocycles. The fourth-order valence-electron chi connectivity index (χ4n) is 2.15. The van der Waals surface area contributed by atoms with Gasteiger partial charge in [-0.05, 0) is 46.6 Å². The van der Waals surface area contributed by atoms with Crippen LogP contribution in [0.4, 0.5) is 5.82 Å². The first-order valence-corrected chi connectivity index (χ1v) is 8.75. The van der Waals surface area contributed by atoms with Gasteiger partial charge in [-0.25, -0.2) is 0 Å². The Morgan fingerprint density at radius 1 is 1.18 bits per heavy atom. The van der Waals surface area contributed by atoms with Crippen molar-refractivity contribution in [2.75, 3.05) is 11.9 Å². The van der Waals surface area contributed by atoms with Crippen molar-refractivity contribution in [1.82, 2.24) is 19.8 Å². The summed E-state index contributed by atoms with van der Waals surface area (Å²) in [6.45, 7) is 7.18. The van der Waals surface area contributed by atoms with Crippen molar-refractivity contribution in [2.24, 2.45) is 0 Å². The number of halogens is 1. The molecule has 0 saturated carbocycles. The number of thiophene rings is 1. The van der Waals surface area contributed by atoms with E-state index in [2.05, 4.69) is 69.4 Å². The summed E-state index contributed by atoms with van der Waals surface area (Å²) in [5.74, 6) is 1.71. The smallest absolute Gasteiger partial charge is 0.178 e. The predicted molar refractivity (Wildman–Crippen MR) is 93.7 cm³/mol. The summed E-state index contributed by atoms with van der Waals surface area (Å²) in [4.78, 5) is 1.35. The molecule has 0 fully saturated rings. The topological polar surface area (TPSA) is 55.1 Å². The highest BCUT2D eigenvalue weighted by Crippen LogP contribution is 2.23. The second-order valence-electron chi connectivity index (χ2n) is 6.14. The zero-order valence-corrected chi connectivity index (χ0v) is 15.2. The molecule has 0 radical (unpaired) electrons. The lowest BCUT2D eigenvalue weighted by Crippen LogP contribution is -2.17. The molecular weight excluding hydrogens is 362 g/mol. The van der Waals surface area contributed by atoms with Crippen molar-refractivity contribution >= 4 is 38.7 Å². The van der Waals surface area contributed by atoms with Crippen LogP contribution in [0, 0.1) is 0 Å². The first-order chi connectivity index (χ1) is 10.4. The molecule has 3 aromatic heterocycles. The van der Waals surface area contributed by atoms with E-state index in [9.17, 15) is 0 Å². The lowest BCUT2D eigenvalue weighted by Gasteiger charge is -2.15. The standard InChI is InChI=1S/C15H18BrN5S/c1-15(2,3)14-19-18-13-7-6-12(20-21(13)14)17-9-8-10-4-5-11(16)22-10/h4-7H,8-9H2,1-3H3,(H,17,20). The molecule has 1 N–H and O–H groups in total. The van der Waals surface area contributed by atoms with E-state index in [-0.39, 0.29) is 5.41 Å². The highest BCUT2D eigenvalue weighted by molar-refractivity contribution is 9.11. The fraction of sp³-hybridized carbons (Fsp3) is 0.400. The largest absolute Gasteiger partial charge is 0.368 e. The quantitative estimate of drug-likeness (QED) is 0.746. The average Bonchev–Trinajstić information content (AvgIpc) is 3.04. The van der Waals surface area contributed by atoms with Gasteiger partial charge in [-0.15, -0.1) is 26.6 Å². The third-order valence-electron chi connectivity index (χ3n) is 3.24. The van der Waals surface area contributed by atoms with Crippen LogP contribution < -0.4 is 5.32 Å². The van der Waals surface area contributed by atoms with E-state index in [1.807, 2.05) is 16.6 Å². The van der Waals surface area contributed by atoms with Crippen LogP contribution in [-0.4, -0.2) is 26.4 Å². The van der Waals surface area contributed by atoms with Crippen molar-refractivity contribution in [3.63, 3.8) is 0 Å². The van der Waals surface area contributed by atoms with Gasteiger partial charge in [0.05, 0.1) is 3.79 Å². The lowest BCUT2D eigenvalue weighted by atomic mass is 9.96. The molecule has 3 rings (SSSR count). The molecule has 0 bridgehead atoms. The molecule has 0 aliphatic heterocycles. The molecule has 0 aliphatic carbocycles. The van der Waals surface area contributed by atoms with Crippen molar-refractivity contribution in [2.45, 2.75) is 32.6 Å². The van der Waals surface area contributed by atoms with Crippen molar-refractivity contribution in [1.29, 1.82) is 0 Å². The number of nitrogens with one attached hydrogen (secondary N) is 1. The molecule has 0 aliphatic rings. The minimum atomic E-state index is -0.0890. The molecular formula is C15H18BrN5S. The molecule has 116 valence electrons. The minimum Gasteiger partial charge on any atom is -0.368 e. The molecule has 0 spiro atoms. The number of aromatic nitrogens is 4. The SMILES string of the molecule is CC(C)(C)c1nnc2ccc(NCCc3ccc(Br)s3)nn12. The molecule has 0 atom stereocenters. The van der Waals surface area contributed by atoms with E-state index >= 15 is 0 Å². The van der Waals surface area contributed by atoms with E-state index in [4.69, 9.17) is 0 Å². The summed E-state index contributed by atoms with van der Waals surface area (Å²) in [6.07, 6.45) is 0.976. The summed E-state index contributed by atoms with van der Waals surface area (Å²) in [6, 6.07) is 8.11. The number of hydrogen-bond donors (Lipinski definition) is 1. The van der Waals surface area contributed by atoms with Gasteiger partial charge in [0.25, 0.3) is 0 Å². The molecule has 0 aromatic carbocycles. The van der Waals surface area contributed by atoms with Crippen molar-refractivity contribution < 1.29 is 0 Å². The van der Waals surface area contributed by atoms with Crippen LogP contribution in [0.5, 0.6) is 0 Å². The summed E-state index contributed by atoms with van der Waals surface area (Å²) < 4.78 is 2.99. The van der Waals surface area contributed by atoms with E-state index in [0.29, 0.717) is 0 Å². The minimum absolute atomic E-state index is 0.0890. The molecule has 5 nitrogen and oxygen atoms in total. The zero-order chi connectivity index (χ0) is 15.7. The van der Waals surface area contributed by atoms with Crippen molar-refractivity contribution in [3.8, 4) is 0 Å². The number of nitrogens with zero attached hydrogens (tertiary/aromatic N) is 4. The Kier molecular flexibility index (Phi) is 4.18. The maximum Gasteiger partial charge on any atom is 0.178 e. The first-order valence-electron chi connectivity index (χ1n) is 7.14. The zero-order valence-electron chi connectivity index (χ0n) is 12.8. The summed E-state index contributed by atoms with van der Waals surface area (Å²) in [5, 5.41) is 16.4. The Morgan fingerprint density at radius 3 is 2.68 bits per heavy atom. The summed E-state index contributed by atoms with van der Waals surface area (Å²) in [5.41, 5.74) is 0.687. The van der Waals surface area contributed by atoms with E-state index in [1.165, 1.54) is 8.66 Å². The van der Waals surface area contributed by atoms with Gasteiger partial charge in [0.15, 0.2) is 11.5 Å². The van der Waals surface area contributed by atoms with Gasteiger partial charge >= 0.3 is 0 Å². The van der Waals surface area contributed by atoms with Gasteiger partial charge in [-0.3, -0.25) is 0 Å². The lowest BCUT2D eigenvalue weighted by molar-refractivity contribution is 0.527. The Bertz CT molecular complexity index is 787. The molecule has 22 heavy (non-hydrogen) atoms. The third kappa shape index (κ3) is 3.30. The van der Waals surface area contributed by atoms with Gasteiger partial charge in [-0.2, -0.15) is 4.52 Å². The Labute approximate surface area is 141 Å². The second-order valence-corrected chi connectivity index (χ2v) is 8.69. The Morgan fingerprint density at radius 2 is 2.00 bits per heavy atom. The van der Waals surface area contributed by atoms with Gasteiger partial charge < -0.3 is 5.32 Å². The van der Waals surface area contributed by atoms with Crippen LogP contribution >= 0.6 is 27.3 Å². The highest BCUT2D eigenvalue weighted by Gasteiger charge is 2.21. The van der Waals surface area contributed by atoms with Crippen LogP contribution in [0.15, 0.2) is 28.1 Å². The normalized spacial score (nSPS) is 12.0. The number of fused-ring (bicyclic) bond motifs is 1. The van der Waals surface area contributed by atoms with Crippen LogP contribution in [0.1, 0.15) is 31.5 Å². The van der Waals surface area contributed by atoms with Gasteiger partial charge in [0.2, 0.25) is 0 Å². The van der Waals surface area contributed by atoms with Gasteiger partial charge in [0.1, 0.15) is 5.82 Å². The number of rotatable bonds is 4. The van der Waals surface area contributed by atoms with Crippen LogP contribution in [0.25, 0.3) is 5.65 Å². The predicted octanol–water partition coefficient (Wildman–Crippen LogP) is 3.90. The van der Waals surface area contributed by atoms with Crippen LogP contribution in [-0.2, 0) is 11.8 Å². The number of anilines is 1. The fourth-order valence-corrected chi connectivity index (χ4v) is 3.63. The first kappa shape index (κ1) is 15.4. The maximum atomic E-state index is 4.61. The third-order valence-corrected chi connectivity index (χ3v) is 4.92.